The fraction of sp³-hybridized carbons (Fsp3) is 0.692. The lowest BCUT2D eigenvalue weighted by Crippen LogP contribution is -2.37. The van der Waals surface area contributed by atoms with Crippen LogP contribution < -0.4 is 4.90 Å². The van der Waals surface area contributed by atoms with Crippen molar-refractivity contribution in [2.24, 2.45) is 0 Å². The van der Waals surface area contributed by atoms with Gasteiger partial charge >= 0.3 is 6.18 Å². The molecule has 2 rings (SSSR count). The Hall–Kier alpha value is -1.41. The van der Waals surface area contributed by atoms with E-state index in [4.69, 9.17) is 9.84 Å². The van der Waals surface area contributed by atoms with Gasteiger partial charge in [0.2, 0.25) is 0 Å². The minimum atomic E-state index is -4.46. The Labute approximate surface area is 120 Å². The van der Waals surface area contributed by atoms with Crippen LogP contribution >= 0.6 is 0 Å². The van der Waals surface area contributed by atoms with Gasteiger partial charge in [0.25, 0.3) is 0 Å². The molecule has 0 atom stereocenters. The summed E-state index contributed by atoms with van der Waals surface area (Å²) in [6, 6.07) is 2.30. The lowest BCUT2D eigenvalue weighted by atomic mass is 10.1. The molecule has 1 aromatic rings. The Morgan fingerprint density at radius 3 is 2.48 bits per heavy atom. The summed E-state index contributed by atoms with van der Waals surface area (Å²) in [6.07, 6.45) is -2.14. The molecular weight excluding hydrogens is 287 g/mol. The first-order chi connectivity index (χ1) is 10.0. The number of hydrogen-bond acceptors (Lipinski definition) is 5. The number of aliphatic hydroxyl groups is 1. The molecule has 0 spiro atoms. The summed E-state index contributed by atoms with van der Waals surface area (Å²) in [5.74, 6) is 0.455. The molecule has 0 bridgehead atoms. The van der Waals surface area contributed by atoms with E-state index in [1.54, 1.807) is 0 Å². The summed E-state index contributed by atoms with van der Waals surface area (Å²) in [7, 11) is 0. The predicted octanol–water partition coefficient (Wildman–Crippen LogP) is 1.86. The number of halogens is 3. The average molecular weight is 305 g/mol. The van der Waals surface area contributed by atoms with Gasteiger partial charge < -0.3 is 14.7 Å². The van der Waals surface area contributed by atoms with E-state index in [0.717, 1.165) is 18.9 Å². The molecule has 1 saturated heterocycles. The maximum absolute atomic E-state index is 12.4. The normalized spacial score (nSPS) is 17.2. The second-order valence-electron chi connectivity index (χ2n) is 4.91. The van der Waals surface area contributed by atoms with Crippen molar-refractivity contribution in [3.05, 3.63) is 17.8 Å². The fourth-order valence-corrected chi connectivity index (χ4v) is 2.21. The molecule has 118 valence electrons. The van der Waals surface area contributed by atoms with Crippen LogP contribution in [-0.4, -0.2) is 47.7 Å². The highest BCUT2D eigenvalue weighted by atomic mass is 19.4. The van der Waals surface area contributed by atoms with Crippen molar-refractivity contribution in [1.29, 1.82) is 0 Å². The quantitative estimate of drug-likeness (QED) is 0.842. The lowest BCUT2D eigenvalue weighted by molar-refractivity contribution is -0.141. The molecule has 0 saturated carbocycles. The summed E-state index contributed by atoms with van der Waals surface area (Å²) in [5, 5.41) is 15.6. The minimum absolute atomic E-state index is 0.111. The molecular formula is C13H18F3N3O2. The van der Waals surface area contributed by atoms with Gasteiger partial charge in [0.15, 0.2) is 11.5 Å². The first-order valence-electron chi connectivity index (χ1n) is 6.89. The monoisotopic (exact) mass is 305 g/mol. The van der Waals surface area contributed by atoms with Crippen LogP contribution in [0, 0.1) is 0 Å². The van der Waals surface area contributed by atoms with E-state index in [9.17, 15) is 13.2 Å². The van der Waals surface area contributed by atoms with Gasteiger partial charge in [0.1, 0.15) is 0 Å². The molecule has 0 aromatic carbocycles. The number of nitrogens with zero attached hydrogens (tertiary/aromatic N) is 3. The Bertz CT molecular complexity index is 431. The zero-order valence-corrected chi connectivity index (χ0v) is 11.5. The van der Waals surface area contributed by atoms with E-state index in [1.807, 2.05) is 4.90 Å². The summed E-state index contributed by atoms with van der Waals surface area (Å²) in [5.41, 5.74) is -0.978. The predicted molar refractivity (Wildman–Crippen MR) is 69.9 cm³/mol. The first-order valence-corrected chi connectivity index (χ1v) is 6.89. The molecule has 1 fully saturated rings. The molecule has 1 N–H and O–H groups in total. The van der Waals surface area contributed by atoms with Gasteiger partial charge in [-0.2, -0.15) is 13.2 Å². The molecule has 0 unspecified atom stereocenters. The summed E-state index contributed by atoms with van der Waals surface area (Å²) < 4.78 is 42.8. The van der Waals surface area contributed by atoms with Gasteiger partial charge in [-0.3, -0.25) is 0 Å². The zero-order chi connectivity index (χ0) is 15.3. The van der Waals surface area contributed by atoms with E-state index in [2.05, 4.69) is 10.2 Å². The Morgan fingerprint density at radius 1 is 1.24 bits per heavy atom. The molecule has 8 heteroatoms. The fourth-order valence-electron chi connectivity index (χ4n) is 2.21. The van der Waals surface area contributed by atoms with Gasteiger partial charge in [-0.15, -0.1) is 10.2 Å². The van der Waals surface area contributed by atoms with Crippen LogP contribution in [0.5, 0.6) is 0 Å². The Morgan fingerprint density at radius 2 is 1.95 bits per heavy atom. The number of ether oxygens (including phenoxy) is 1. The zero-order valence-electron chi connectivity index (χ0n) is 11.5. The number of piperidine rings is 1. The molecule has 2 heterocycles. The van der Waals surface area contributed by atoms with E-state index in [1.165, 1.54) is 6.07 Å². The Kier molecular flexibility index (Phi) is 5.35. The lowest BCUT2D eigenvalue weighted by Gasteiger charge is -2.32. The van der Waals surface area contributed by atoms with Gasteiger partial charge in [-0.25, -0.2) is 0 Å². The molecule has 0 radical (unpaired) electrons. The van der Waals surface area contributed by atoms with E-state index in [0.29, 0.717) is 31.9 Å². The summed E-state index contributed by atoms with van der Waals surface area (Å²) in [6.45, 7) is 1.98. The smallest absolute Gasteiger partial charge is 0.396 e. The second-order valence-corrected chi connectivity index (χ2v) is 4.91. The highest BCUT2D eigenvalue weighted by Gasteiger charge is 2.33. The standard InChI is InChI=1S/C13H18F3N3O2/c14-13(15,16)11-2-3-12(18-17-11)19-6-4-10(5-7-19)21-9-1-8-20/h2-3,10,20H,1,4-9H2. The van der Waals surface area contributed by atoms with Crippen LogP contribution in [0.2, 0.25) is 0 Å². The van der Waals surface area contributed by atoms with Crippen LogP contribution in [-0.2, 0) is 10.9 Å². The SMILES string of the molecule is OCCCOC1CCN(c2ccc(C(F)(F)F)nn2)CC1. The van der Waals surface area contributed by atoms with Gasteiger partial charge in [0, 0.05) is 26.3 Å². The van der Waals surface area contributed by atoms with Crippen LogP contribution in [0.4, 0.5) is 19.0 Å². The van der Waals surface area contributed by atoms with Gasteiger partial charge in [-0.05, 0) is 31.4 Å². The number of aromatic nitrogens is 2. The van der Waals surface area contributed by atoms with Gasteiger partial charge in [0.05, 0.1) is 6.10 Å². The third-order valence-corrected chi connectivity index (χ3v) is 3.36. The van der Waals surface area contributed by atoms with Crippen molar-refractivity contribution in [1.82, 2.24) is 10.2 Å². The maximum atomic E-state index is 12.4. The van der Waals surface area contributed by atoms with Crippen molar-refractivity contribution >= 4 is 5.82 Å². The highest BCUT2D eigenvalue weighted by molar-refractivity contribution is 5.38. The highest BCUT2D eigenvalue weighted by Crippen LogP contribution is 2.28. The number of rotatable bonds is 5. The number of hydrogen-bond donors (Lipinski definition) is 1. The third-order valence-electron chi connectivity index (χ3n) is 3.36. The number of alkyl halides is 3. The first kappa shape index (κ1) is 16.0. The molecule has 0 aliphatic carbocycles. The number of anilines is 1. The molecule has 0 amide bonds. The van der Waals surface area contributed by atoms with Crippen molar-refractivity contribution in [2.45, 2.75) is 31.5 Å². The Balaban J connectivity index is 1.85. The van der Waals surface area contributed by atoms with Crippen molar-refractivity contribution in [3.63, 3.8) is 0 Å². The summed E-state index contributed by atoms with van der Waals surface area (Å²) in [4.78, 5) is 1.90. The van der Waals surface area contributed by atoms with Crippen molar-refractivity contribution < 1.29 is 23.0 Å². The molecule has 1 aliphatic heterocycles. The van der Waals surface area contributed by atoms with Crippen LogP contribution in [0.15, 0.2) is 12.1 Å². The van der Waals surface area contributed by atoms with E-state index in [-0.39, 0.29) is 12.7 Å². The minimum Gasteiger partial charge on any atom is -0.396 e. The van der Waals surface area contributed by atoms with Gasteiger partial charge in [-0.1, -0.05) is 0 Å². The largest absolute Gasteiger partial charge is 0.435 e. The molecule has 5 nitrogen and oxygen atoms in total. The van der Waals surface area contributed by atoms with Crippen LogP contribution in [0.25, 0.3) is 0 Å². The average Bonchev–Trinajstić information content (AvgIpc) is 2.48. The van der Waals surface area contributed by atoms with Crippen molar-refractivity contribution in [3.8, 4) is 0 Å². The third kappa shape index (κ3) is 4.53. The number of aliphatic hydroxyl groups excluding tert-OH is 1. The van der Waals surface area contributed by atoms with Crippen LogP contribution in [0.3, 0.4) is 0 Å². The van der Waals surface area contributed by atoms with E-state index >= 15 is 0 Å². The molecule has 1 aromatic heterocycles. The maximum Gasteiger partial charge on any atom is 0.435 e. The molecule has 21 heavy (non-hydrogen) atoms. The topological polar surface area (TPSA) is 58.5 Å². The summed E-state index contributed by atoms with van der Waals surface area (Å²) >= 11 is 0. The second kappa shape index (κ2) is 7.04. The molecule has 1 aliphatic rings. The van der Waals surface area contributed by atoms with E-state index < -0.39 is 11.9 Å². The van der Waals surface area contributed by atoms with Crippen molar-refractivity contribution in [2.75, 3.05) is 31.2 Å². The van der Waals surface area contributed by atoms with Crippen LogP contribution in [0.1, 0.15) is 25.0 Å².